The zero-order valence-electron chi connectivity index (χ0n) is 15.5. The van der Waals surface area contributed by atoms with Crippen molar-refractivity contribution in [1.82, 2.24) is 10.6 Å². The quantitative estimate of drug-likeness (QED) is 0.452. The number of ether oxygens (including phenoxy) is 1. The van der Waals surface area contributed by atoms with Crippen LogP contribution >= 0.6 is 23.8 Å². The first kappa shape index (κ1) is 21.8. The molecule has 0 fully saturated rings. The van der Waals surface area contributed by atoms with Crippen molar-refractivity contribution in [3.63, 3.8) is 0 Å². The van der Waals surface area contributed by atoms with Gasteiger partial charge in [-0.3, -0.25) is 9.59 Å². The Morgan fingerprint density at radius 2 is 1.82 bits per heavy atom. The Balaban J connectivity index is 1.91. The van der Waals surface area contributed by atoms with E-state index in [0.717, 1.165) is 12.0 Å². The largest absolute Gasteiger partial charge is 0.385 e. The molecule has 2 amide bonds. The SMILES string of the molecule is COCCCNC(=O)c1ccccc1NC(=S)NC(=O)Cc1ccc(Cl)cc1. The van der Waals surface area contributed by atoms with Crippen molar-refractivity contribution in [2.45, 2.75) is 12.8 Å². The number of methoxy groups -OCH3 is 1. The van der Waals surface area contributed by atoms with Crippen LogP contribution in [0.4, 0.5) is 5.69 Å². The topological polar surface area (TPSA) is 79.5 Å². The first-order chi connectivity index (χ1) is 13.5. The Kier molecular flexibility index (Phi) is 8.87. The van der Waals surface area contributed by atoms with Crippen LogP contribution in [0.15, 0.2) is 48.5 Å². The summed E-state index contributed by atoms with van der Waals surface area (Å²) in [7, 11) is 1.61. The lowest BCUT2D eigenvalue weighted by Gasteiger charge is -2.13. The van der Waals surface area contributed by atoms with Gasteiger partial charge in [0.1, 0.15) is 0 Å². The van der Waals surface area contributed by atoms with Gasteiger partial charge in [0.25, 0.3) is 5.91 Å². The van der Waals surface area contributed by atoms with Crippen LogP contribution in [0, 0.1) is 0 Å². The smallest absolute Gasteiger partial charge is 0.253 e. The van der Waals surface area contributed by atoms with E-state index in [0.29, 0.717) is 29.4 Å². The van der Waals surface area contributed by atoms with E-state index in [1.165, 1.54) is 0 Å². The minimum absolute atomic E-state index is 0.124. The summed E-state index contributed by atoms with van der Waals surface area (Å²) in [6.45, 7) is 1.08. The highest BCUT2D eigenvalue weighted by molar-refractivity contribution is 7.80. The number of carbonyl (C=O) groups excluding carboxylic acids is 2. The summed E-state index contributed by atoms with van der Waals surface area (Å²) in [6.07, 6.45) is 0.887. The third kappa shape index (κ3) is 7.26. The first-order valence-corrected chi connectivity index (χ1v) is 9.49. The number of benzene rings is 2. The molecule has 0 aliphatic heterocycles. The van der Waals surface area contributed by atoms with Gasteiger partial charge in [0.2, 0.25) is 5.91 Å². The van der Waals surface area contributed by atoms with E-state index in [9.17, 15) is 9.59 Å². The molecule has 0 saturated heterocycles. The lowest BCUT2D eigenvalue weighted by Crippen LogP contribution is -2.36. The van der Waals surface area contributed by atoms with Gasteiger partial charge in [-0.05, 0) is 48.5 Å². The molecule has 28 heavy (non-hydrogen) atoms. The number of amides is 2. The predicted molar refractivity (Wildman–Crippen MR) is 115 cm³/mol. The van der Waals surface area contributed by atoms with Gasteiger partial charge in [-0.2, -0.15) is 0 Å². The van der Waals surface area contributed by atoms with Crippen LogP contribution in [0.2, 0.25) is 5.02 Å². The molecule has 0 aliphatic carbocycles. The van der Waals surface area contributed by atoms with Crippen molar-refractivity contribution in [2.75, 3.05) is 25.6 Å². The minimum atomic E-state index is -0.263. The fraction of sp³-hybridized carbons (Fsp3) is 0.250. The molecule has 0 saturated carbocycles. The average Bonchev–Trinajstić information content (AvgIpc) is 2.67. The standard InChI is InChI=1S/C20H22ClN3O3S/c1-27-12-4-11-22-19(26)16-5-2-3-6-17(16)23-20(28)24-18(25)13-14-7-9-15(21)10-8-14/h2-3,5-10H,4,11-13H2,1H3,(H,22,26)(H2,23,24,25,28). The highest BCUT2D eigenvalue weighted by Gasteiger charge is 2.13. The second kappa shape index (κ2) is 11.4. The highest BCUT2D eigenvalue weighted by atomic mass is 35.5. The van der Waals surface area contributed by atoms with Crippen molar-refractivity contribution < 1.29 is 14.3 Å². The Labute approximate surface area is 174 Å². The number of rotatable bonds is 8. The summed E-state index contributed by atoms with van der Waals surface area (Å²) in [4.78, 5) is 24.5. The van der Waals surface area contributed by atoms with E-state index in [1.54, 1.807) is 55.6 Å². The molecule has 148 valence electrons. The number of hydrogen-bond acceptors (Lipinski definition) is 4. The normalized spacial score (nSPS) is 10.2. The van der Waals surface area contributed by atoms with E-state index in [2.05, 4.69) is 16.0 Å². The minimum Gasteiger partial charge on any atom is -0.385 e. The van der Waals surface area contributed by atoms with E-state index in [1.807, 2.05) is 0 Å². The number of hydrogen-bond donors (Lipinski definition) is 3. The first-order valence-electron chi connectivity index (χ1n) is 8.71. The van der Waals surface area contributed by atoms with Crippen LogP contribution in [-0.2, 0) is 16.0 Å². The number of anilines is 1. The maximum atomic E-state index is 12.4. The maximum Gasteiger partial charge on any atom is 0.253 e. The monoisotopic (exact) mass is 419 g/mol. The van der Waals surface area contributed by atoms with Gasteiger partial charge in [0.15, 0.2) is 5.11 Å². The van der Waals surface area contributed by atoms with Crippen molar-refractivity contribution in [2.24, 2.45) is 0 Å². The molecule has 0 heterocycles. The van der Waals surface area contributed by atoms with Gasteiger partial charge in [-0.15, -0.1) is 0 Å². The molecule has 0 aliphatic rings. The number of nitrogens with one attached hydrogen (secondary N) is 3. The molecule has 0 radical (unpaired) electrons. The Hall–Kier alpha value is -2.48. The summed E-state index contributed by atoms with van der Waals surface area (Å²) < 4.78 is 4.96. The molecular formula is C20H22ClN3O3S. The number of thiocarbonyl (C=S) groups is 1. The molecule has 8 heteroatoms. The molecule has 2 rings (SSSR count). The molecule has 0 aromatic heterocycles. The molecule has 3 N–H and O–H groups in total. The van der Waals surface area contributed by atoms with Crippen molar-refractivity contribution in [1.29, 1.82) is 0 Å². The van der Waals surface area contributed by atoms with E-state index in [4.69, 9.17) is 28.6 Å². The molecule has 0 bridgehead atoms. The van der Waals surface area contributed by atoms with Crippen LogP contribution in [0.5, 0.6) is 0 Å². The summed E-state index contributed by atoms with van der Waals surface area (Å²) in [5, 5.41) is 9.09. The fourth-order valence-corrected chi connectivity index (χ4v) is 2.77. The average molecular weight is 420 g/mol. The maximum absolute atomic E-state index is 12.4. The highest BCUT2D eigenvalue weighted by Crippen LogP contribution is 2.15. The summed E-state index contributed by atoms with van der Waals surface area (Å²) in [5.41, 5.74) is 1.78. The van der Waals surface area contributed by atoms with Crippen LogP contribution in [0.3, 0.4) is 0 Å². The second-order valence-corrected chi connectivity index (χ2v) is 6.80. The summed E-state index contributed by atoms with van der Waals surface area (Å²) in [6, 6.07) is 14.0. The zero-order valence-corrected chi connectivity index (χ0v) is 17.0. The Morgan fingerprint density at radius 1 is 1.11 bits per heavy atom. The number of para-hydroxylation sites is 1. The van der Waals surface area contributed by atoms with E-state index in [-0.39, 0.29) is 23.3 Å². The van der Waals surface area contributed by atoms with Gasteiger partial charge in [0.05, 0.1) is 17.7 Å². The molecule has 2 aromatic carbocycles. The van der Waals surface area contributed by atoms with E-state index >= 15 is 0 Å². The van der Waals surface area contributed by atoms with Gasteiger partial charge in [0, 0.05) is 25.3 Å². The fourth-order valence-electron chi connectivity index (χ4n) is 2.42. The second-order valence-electron chi connectivity index (χ2n) is 5.95. The van der Waals surface area contributed by atoms with Crippen molar-refractivity contribution >= 4 is 46.4 Å². The van der Waals surface area contributed by atoms with Gasteiger partial charge >= 0.3 is 0 Å². The molecule has 2 aromatic rings. The van der Waals surface area contributed by atoms with Gasteiger partial charge in [-0.25, -0.2) is 0 Å². The molecule has 0 unspecified atom stereocenters. The van der Waals surface area contributed by atoms with Gasteiger partial charge in [-0.1, -0.05) is 35.9 Å². The predicted octanol–water partition coefficient (Wildman–Crippen LogP) is 3.16. The molecule has 0 spiro atoms. The van der Waals surface area contributed by atoms with Crippen molar-refractivity contribution in [3.8, 4) is 0 Å². The Bertz CT molecular complexity index is 828. The van der Waals surface area contributed by atoms with Gasteiger partial charge < -0.3 is 20.7 Å². The molecule has 6 nitrogen and oxygen atoms in total. The van der Waals surface area contributed by atoms with E-state index < -0.39 is 0 Å². The lowest BCUT2D eigenvalue weighted by molar-refractivity contribution is -0.119. The van der Waals surface area contributed by atoms with Crippen LogP contribution in [-0.4, -0.2) is 37.2 Å². The Morgan fingerprint density at radius 3 is 2.54 bits per heavy atom. The molecular weight excluding hydrogens is 398 g/mol. The number of carbonyl (C=O) groups is 2. The number of halogens is 1. The van der Waals surface area contributed by atoms with Crippen LogP contribution in [0.25, 0.3) is 0 Å². The third-order valence-electron chi connectivity index (χ3n) is 3.76. The van der Waals surface area contributed by atoms with Crippen LogP contribution in [0.1, 0.15) is 22.3 Å². The summed E-state index contributed by atoms with van der Waals surface area (Å²) >= 11 is 11.0. The summed E-state index contributed by atoms with van der Waals surface area (Å²) in [5.74, 6) is -0.490. The third-order valence-corrected chi connectivity index (χ3v) is 4.22. The van der Waals surface area contributed by atoms with Crippen LogP contribution < -0.4 is 16.0 Å². The lowest BCUT2D eigenvalue weighted by atomic mass is 10.1. The van der Waals surface area contributed by atoms with Crippen molar-refractivity contribution in [3.05, 3.63) is 64.7 Å². The molecule has 0 atom stereocenters. The zero-order chi connectivity index (χ0) is 20.4.